The Morgan fingerprint density at radius 3 is 2.46 bits per heavy atom. The zero-order valence-electron chi connectivity index (χ0n) is 18.3. The summed E-state index contributed by atoms with van der Waals surface area (Å²) in [5.41, 5.74) is -0.573. The highest BCUT2D eigenvalue weighted by molar-refractivity contribution is 8.00. The van der Waals surface area contributed by atoms with Gasteiger partial charge in [-0.25, -0.2) is 18.2 Å². The van der Waals surface area contributed by atoms with Gasteiger partial charge < -0.3 is 14.7 Å². The number of hydrogen-bond acceptors (Lipinski definition) is 6. The van der Waals surface area contributed by atoms with Crippen molar-refractivity contribution in [1.82, 2.24) is 4.98 Å². The number of carboxylic acids is 1. The molecule has 5 nitrogen and oxygen atoms in total. The number of rotatable bonds is 7. The highest BCUT2D eigenvalue weighted by atomic mass is 32.2. The molecule has 1 aromatic carbocycles. The van der Waals surface area contributed by atoms with Crippen LogP contribution >= 0.6 is 23.5 Å². The number of hydrogen-bond donors (Lipinski definition) is 1. The minimum Gasteiger partial charge on any atom is -0.490 e. The topological polar surface area (TPSA) is 62.7 Å². The standard InChI is InChI=1S/C23H21F5N2O3S2/c24-13-1-3-14(4-2-13)30-8-7-23(27,28)35-17-9-16(33-12-21(5-6-21)20(31)32)19(29-18(17)30)34-15-10-22(25,26)11-15/h1-4,9,15H,5-8,10-12H2,(H,31,32). The van der Waals surface area contributed by atoms with Crippen molar-refractivity contribution in [3.63, 3.8) is 0 Å². The van der Waals surface area contributed by atoms with E-state index in [0.717, 1.165) is 11.8 Å². The summed E-state index contributed by atoms with van der Waals surface area (Å²) >= 11 is 1.39. The van der Waals surface area contributed by atoms with Crippen LogP contribution in [0, 0.1) is 11.2 Å². The zero-order valence-corrected chi connectivity index (χ0v) is 19.9. The number of aliphatic carboxylic acids is 1. The van der Waals surface area contributed by atoms with Crippen molar-refractivity contribution < 1.29 is 36.6 Å². The molecule has 0 spiro atoms. The summed E-state index contributed by atoms with van der Waals surface area (Å²) in [5.74, 6) is -3.95. The third-order valence-electron chi connectivity index (χ3n) is 6.32. The van der Waals surface area contributed by atoms with Crippen molar-refractivity contribution in [1.29, 1.82) is 0 Å². The molecule has 12 heteroatoms. The average Bonchev–Trinajstić information content (AvgIpc) is 3.56. The van der Waals surface area contributed by atoms with Crippen LogP contribution in [0.15, 0.2) is 40.3 Å². The SMILES string of the molecule is O=C(O)C1(COc2cc3c(nc2SC2CC(F)(F)C2)N(c2ccc(F)cc2)CCC(F)(F)S3)CC1. The van der Waals surface area contributed by atoms with E-state index in [1.807, 2.05) is 0 Å². The molecule has 0 amide bonds. The van der Waals surface area contributed by atoms with Gasteiger partial charge in [0.05, 0.1) is 4.90 Å². The highest BCUT2D eigenvalue weighted by Gasteiger charge is 2.52. The molecule has 0 atom stereocenters. The molecule has 0 saturated heterocycles. The molecule has 0 radical (unpaired) electrons. The van der Waals surface area contributed by atoms with E-state index in [4.69, 9.17) is 4.74 Å². The maximum atomic E-state index is 14.6. The fourth-order valence-electron chi connectivity index (χ4n) is 3.97. The summed E-state index contributed by atoms with van der Waals surface area (Å²) in [6.07, 6.45) is -0.319. The van der Waals surface area contributed by atoms with Crippen LogP contribution in [0.1, 0.15) is 32.1 Å². The largest absolute Gasteiger partial charge is 0.490 e. The number of aromatic nitrogens is 1. The zero-order chi connectivity index (χ0) is 25.0. The predicted octanol–water partition coefficient (Wildman–Crippen LogP) is 6.58. The number of alkyl halides is 4. The molecule has 1 aromatic heterocycles. The lowest BCUT2D eigenvalue weighted by Gasteiger charge is -2.34. The van der Waals surface area contributed by atoms with Crippen LogP contribution in [0.5, 0.6) is 5.75 Å². The smallest absolute Gasteiger partial charge is 0.313 e. The molecule has 2 heterocycles. The van der Waals surface area contributed by atoms with Crippen molar-refractivity contribution in [2.45, 2.75) is 58.5 Å². The lowest BCUT2D eigenvalue weighted by Crippen LogP contribution is -2.37. The van der Waals surface area contributed by atoms with E-state index in [1.54, 1.807) is 4.90 Å². The van der Waals surface area contributed by atoms with E-state index in [1.165, 1.54) is 30.3 Å². The number of anilines is 2. The Kier molecular flexibility index (Phi) is 6.10. The molecular formula is C23H21F5N2O3S2. The summed E-state index contributed by atoms with van der Waals surface area (Å²) in [4.78, 5) is 17.8. The third kappa shape index (κ3) is 5.18. The summed E-state index contributed by atoms with van der Waals surface area (Å²) in [7, 11) is 0. The molecule has 2 saturated carbocycles. The average molecular weight is 533 g/mol. The first kappa shape index (κ1) is 24.5. The minimum atomic E-state index is -3.12. The van der Waals surface area contributed by atoms with Crippen molar-refractivity contribution in [3.05, 3.63) is 36.1 Å². The number of benzene rings is 1. The van der Waals surface area contributed by atoms with Gasteiger partial charge in [-0.15, -0.1) is 0 Å². The van der Waals surface area contributed by atoms with Crippen LogP contribution in [-0.4, -0.2) is 45.6 Å². The number of nitrogens with zero attached hydrogens (tertiary/aromatic N) is 2. The molecule has 0 bridgehead atoms. The van der Waals surface area contributed by atoms with Crippen LogP contribution in [0.4, 0.5) is 33.5 Å². The van der Waals surface area contributed by atoms with Crippen molar-refractivity contribution in [3.8, 4) is 5.75 Å². The molecule has 1 aliphatic heterocycles. The van der Waals surface area contributed by atoms with Gasteiger partial charge in [0.25, 0.3) is 5.25 Å². The van der Waals surface area contributed by atoms with Gasteiger partial charge in [-0.05, 0) is 48.9 Å². The lowest BCUT2D eigenvalue weighted by molar-refractivity contribution is -0.144. The van der Waals surface area contributed by atoms with E-state index in [2.05, 4.69) is 4.98 Å². The Morgan fingerprint density at radius 2 is 1.86 bits per heavy atom. The van der Waals surface area contributed by atoms with Gasteiger partial charge in [-0.1, -0.05) is 11.8 Å². The van der Waals surface area contributed by atoms with Crippen LogP contribution in [-0.2, 0) is 4.79 Å². The molecule has 3 aliphatic rings. The van der Waals surface area contributed by atoms with Crippen LogP contribution in [0.25, 0.3) is 0 Å². The van der Waals surface area contributed by atoms with Gasteiger partial charge in [0, 0.05) is 42.8 Å². The van der Waals surface area contributed by atoms with Crippen LogP contribution in [0.3, 0.4) is 0 Å². The first-order chi connectivity index (χ1) is 16.5. The molecular weight excluding hydrogens is 511 g/mol. The van der Waals surface area contributed by atoms with Crippen LogP contribution in [0.2, 0.25) is 0 Å². The van der Waals surface area contributed by atoms with Gasteiger partial charge >= 0.3 is 5.97 Å². The van der Waals surface area contributed by atoms with E-state index < -0.39 is 40.0 Å². The first-order valence-corrected chi connectivity index (χ1v) is 12.7. The molecule has 2 aromatic rings. The minimum absolute atomic E-state index is 0.0977. The number of carboxylic acid groups (broad SMARTS) is 1. The molecule has 2 fully saturated rings. The van der Waals surface area contributed by atoms with Crippen molar-refractivity contribution in [2.75, 3.05) is 18.1 Å². The van der Waals surface area contributed by atoms with Crippen molar-refractivity contribution >= 4 is 41.0 Å². The Hall–Kier alpha value is -2.21. The number of pyridine rings is 1. The summed E-state index contributed by atoms with van der Waals surface area (Å²) in [6, 6.07) is 6.75. The second kappa shape index (κ2) is 8.72. The molecule has 1 N–H and O–H groups in total. The van der Waals surface area contributed by atoms with E-state index in [0.29, 0.717) is 30.3 Å². The van der Waals surface area contributed by atoms with Crippen molar-refractivity contribution in [2.24, 2.45) is 5.41 Å². The van der Waals surface area contributed by atoms with Gasteiger partial charge in [-0.3, -0.25) is 4.79 Å². The van der Waals surface area contributed by atoms with Gasteiger partial charge in [0.2, 0.25) is 5.92 Å². The Bertz CT molecular complexity index is 1140. The fourth-order valence-corrected chi connectivity index (χ4v) is 6.25. The second-order valence-corrected chi connectivity index (χ2v) is 11.6. The number of halogens is 5. The summed E-state index contributed by atoms with van der Waals surface area (Å²) in [6.45, 7) is -0.264. The quantitative estimate of drug-likeness (QED) is 0.404. The number of thioether (sulfide) groups is 2. The number of ether oxygens (including phenoxy) is 1. The Morgan fingerprint density at radius 1 is 1.17 bits per heavy atom. The first-order valence-electron chi connectivity index (χ1n) is 11.0. The molecule has 35 heavy (non-hydrogen) atoms. The Labute approximate surface area is 206 Å². The summed E-state index contributed by atoms with van der Waals surface area (Å²) in [5, 5.41) is 6.14. The monoisotopic (exact) mass is 532 g/mol. The Balaban J connectivity index is 1.53. The maximum absolute atomic E-state index is 14.6. The lowest BCUT2D eigenvalue weighted by atomic mass is 9.94. The molecule has 0 unspecified atom stereocenters. The maximum Gasteiger partial charge on any atom is 0.313 e. The number of carbonyl (C=O) groups is 1. The van der Waals surface area contributed by atoms with E-state index in [9.17, 15) is 31.9 Å². The van der Waals surface area contributed by atoms with Crippen LogP contribution < -0.4 is 9.64 Å². The van der Waals surface area contributed by atoms with E-state index >= 15 is 0 Å². The molecule has 2 aliphatic carbocycles. The third-order valence-corrected chi connectivity index (χ3v) is 8.53. The normalized spacial score (nSPS) is 22.0. The number of fused-ring (bicyclic) bond motifs is 1. The second-order valence-electron chi connectivity index (χ2n) is 9.11. The van der Waals surface area contributed by atoms with Gasteiger partial charge in [0.15, 0.2) is 5.75 Å². The molecule has 188 valence electrons. The van der Waals surface area contributed by atoms with Gasteiger partial charge in [0.1, 0.15) is 28.7 Å². The predicted molar refractivity (Wildman–Crippen MR) is 122 cm³/mol. The summed E-state index contributed by atoms with van der Waals surface area (Å²) < 4.78 is 75.5. The fraction of sp³-hybridized carbons (Fsp3) is 0.478. The van der Waals surface area contributed by atoms with E-state index in [-0.39, 0.29) is 47.5 Å². The van der Waals surface area contributed by atoms with Gasteiger partial charge in [-0.2, -0.15) is 8.78 Å². The highest BCUT2D eigenvalue weighted by Crippen LogP contribution is 2.53. The molecule has 5 rings (SSSR count).